The highest BCUT2D eigenvalue weighted by atomic mass is 16.5. The highest BCUT2D eigenvalue weighted by molar-refractivity contribution is 5.92. The molecule has 0 fully saturated rings. The van der Waals surface area contributed by atoms with Gasteiger partial charge in [-0.15, -0.1) is 0 Å². The Balaban J connectivity index is 2.23. The quantitative estimate of drug-likeness (QED) is 0.807. The Kier molecular flexibility index (Phi) is 5.31. The number of carboxylic acids is 1. The number of amides is 1. The number of hydrogen-bond donors (Lipinski definition) is 2. The van der Waals surface area contributed by atoms with Crippen molar-refractivity contribution in [1.82, 2.24) is 15.1 Å². The van der Waals surface area contributed by atoms with Crippen LogP contribution in [0.25, 0.3) is 0 Å². The van der Waals surface area contributed by atoms with Gasteiger partial charge in [0.2, 0.25) is 0 Å². The minimum atomic E-state index is -1.05. The van der Waals surface area contributed by atoms with Crippen LogP contribution >= 0.6 is 0 Å². The van der Waals surface area contributed by atoms with Crippen LogP contribution in [0.15, 0.2) is 41.2 Å². The molecule has 0 spiro atoms. The van der Waals surface area contributed by atoms with Crippen molar-refractivity contribution in [2.45, 2.75) is 12.5 Å². The number of hydrogen-bond acceptors (Lipinski definition) is 5. The van der Waals surface area contributed by atoms with Gasteiger partial charge in [-0.1, -0.05) is 12.1 Å². The van der Waals surface area contributed by atoms with Gasteiger partial charge in [-0.05, 0) is 23.8 Å². The molecule has 8 heteroatoms. The fourth-order valence-electron chi connectivity index (χ4n) is 2.12. The van der Waals surface area contributed by atoms with E-state index in [0.29, 0.717) is 11.3 Å². The van der Waals surface area contributed by atoms with Gasteiger partial charge in [0.05, 0.1) is 19.6 Å². The van der Waals surface area contributed by atoms with Crippen LogP contribution in [-0.2, 0) is 11.8 Å². The van der Waals surface area contributed by atoms with E-state index in [9.17, 15) is 14.4 Å². The van der Waals surface area contributed by atoms with Crippen LogP contribution in [-0.4, -0.2) is 33.9 Å². The third-order valence-corrected chi connectivity index (χ3v) is 3.40. The van der Waals surface area contributed by atoms with Gasteiger partial charge in [0.1, 0.15) is 11.4 Å². The number of carbonyl (C=O) groups is 2. The minimum Gasteiger partial charge on any atom is -0.497 e. The summed E-state index contributed by atoms with van der Waals surface area (Å²) in [6.07, 6.45) is -0.288. The number of nitrogens with zero attached hydrogens (tertiary/aromatic N) is 2. The summed E-state index contributed by atoms with van der Waals surface area (Å²) in [7, 11) is 2.95. The summed E-state index contributed by atoms with van der Waals surface area (Å²) < 4.78 is 6.09. The first-order chi connectivity index (χ1) is 11.4. The van der Waals surface area contributed by atoms with E-state index in [0.717, 1.165) is 4.68 Å². The number of aromatic nitrogens is 2. The van der Waals surface area contributed by atoms with E-state index >= 15 is 0 Å². The Morgan fingerprint density at radius 2 is 1.92 bits per heavy atom. The van der Waals surface area contributed by atoms with Crippen LogP contribution in [0.5, 0.6) is 5.75 Å². The predicted octanol–water partition coefficient (Wildman–Crippen LogP) is 0.735. The van der Waals surface area contributed by atoms with Gasteiger partial charge in [0, 0.05) is 13.1 Å². The zero-order valence-corrected chi connectivity index (χ0v) is 13.2. The van der Waals surface area contributed by atoms with Crippen molar-refractivity contribution in [2.24, 2.45) is 7.05 Å². The lowest BCUT2D eigenvalue weighted by molar-refractivity contribution is -0.137. The lowest BCUT2D eigenvalue weighted by Crippen LogP contribution is -2.32. The molecule has 0 aliphatic rings. The van der Waals surface area contributed by atoms with Gasteiger partial charge in [0.25, 0.3) is 11.5 Å². The average molecular weight is 331 g/mol. The van der Waals surface area contributed by atoms with E-state index in [4.69, 9.17) is 9.84 Å². The lowest BCUT2D eigenvalue weighted by Gasteiger charge is -2.17. The van der Waals surface area contributed by atoms with Gasteiger partial charge in [-0.3, -0.25) is 14.4 Å². The molecule has 1 atom stereocenters. The van der Waals surface area contributed by atoms with Gasteiger partial charge in [0.15, 0.2) is 0 Å². The molecule has 1 aromatic heterocycles. The highest BCUT2D eigenvalue weighted by Crippen LogP contribution is 2.20. The molecule has 2 rings (SSSR count). The summed E-state index contributed by atoms with van der Waals surface area (Å²) in [4.78, 5) is 34.7. The van der Waals surface area contributed by atoms with E-state index in [1.807, 2.05) is 0 Å². The SMILES string of the molecule is COc1ccc([C@H](CC(=O)O)NC(=O)c2ccc(=O)n(C)n2)cc1. The molecule has 0 unspecified atom stereocenters. The molecule has 1 amide bonds. The molecule has 0 saturated heterocycles. The molecule has 1 aromatic carbocycles. The first-order valence-electron chi connectivity index (χ1n) is 7.11. The molecule has 126 valence electrons. The number of ether oxygens (including phenoxy) is 1. The Hall–Kier alpha value is -3.16. The van der Waals surface area contributed by atoms with Gasteiger partial charge in [-0.2, -0.15) is 5.10 Å². The number of carbonyl (C=O) groups excluding carboxylic acids is 1. The predicted molar refractivity (Wildman–Crippen MR) is 84.9 cm³/mol. The maximum absolute atomic E-state index is 12.3. The Morgan fingerprint density at radius 3 is 2.46 bits per heavy atom. The Labute approximate surface area is 137 Å². The molecule has 8 nitrogen and oxygen atoms in total. The standard InChI is InChI=1S/C16H17N3O5/c1-19-14(20)8-7-12(18-19)16(23)17-13(9-15(21)22)10-3-5-11(24-2)6-4-10/h3-8,13H,9H2,1-2H3,(H,17,23)(H,21,22)/t13-/m0/s1. The second kappa shape index (κ2) is 7.40. The van der Waals surface area contributed by atoms with Crippen LogP contribution in [0.1, 0.15) is 28.5 Å². The number of benzene rings is 1. The van der Waals surface area contributed by atoms with Crippen molar-refractivity contribution in [3.63, 3.8) is 0 Å². The monoisotopic (exact) mass is 331 g/mol. The van der Waals surface area contributed by atoms with E-state index in [2.05, 4.69) is 10.4 Å². The molecule has 0 aliphatic heterocycles. The molecule has 0 radical (unpaired) electrons. The number of carboxylic acid groups (broad SMARTS) is 1. The summed E-state index contributed by atoms with van der Waals surface area (Å²) in [5.74, 6) is -0.990. The largest absolute Gasteiger partial charge is 0.497 e. The minimum absolute atomic E-state index is 0.0287. The third-order valence-electron chi connectivity index (χ3n) is 3.40. The molecule has 0 saturated carbocycles. The Bertz CT molecular complexity index is 798. The molecule has 1 heterocycles. The van der Waals surface area contributed by atoms with Crippen molar-refractivity contribution in [3.8, 4) is 5.75 Å². The topological polar surface area (TPSA) is 111 Å². The first kappa shape index (κ1) is 17.2. The second-order valence-corrected chi connectivity index (χ2v) is 5.08. The molecular weight excluding hydrogens is 314 g/mol. The molecule has 2 N–H and O–H groups in total. The number of aryl methyl sites for hydroxylation is 1. The Morgan fingerprint density at radius 1 is 1.25 bits per heavy atom. The van der Waals surface area contributed by atoms with Crippen LogP contribution in [0.2, 0.25) is 0 Å². The van der Waals surface area contributed by atoms with Crippen LogP contribution in [0, 0.1) is 0 Å². The number of rotatable bonds is 6. The number of aliphatic carboxylic acids is 1. The van der Waals surface area contributed by atoms with Gasteiger partial charge >= 0.3 is 5.97 Å². The molecule has 0 bridgehead atoms. The maximum atomic E-state index is 12.3. The molecular formula is C16H17N3O5. The summed E-state index contributed by atoms with van der Waals surface area (Å²) >= 11 is 0. The highest BCUT2D eigenvalue weighted by Gasteiger charge is 2.20. The van der Waals surface area contributed by atoms with Crippen LogP contribution in [0.4, 0.5) is 0 Å². The maximum Gasteiger partial charge on any atom is 0.305 e. The normalized spacial score (nSPS) is 11.6. The van der Waals surface area contributed by atoms with Crippen molar-refractivity contribution in [2.75, 3.05) is 7.11 Å². The zero-order chi connectivity index (χ0) is 17.7. The fraction of sp³-hybridized carbons (Fsp3) is 0.250. The van der Waals surface area contributed by atoms with E-state index in [1.54, 1.807) is 24.3 Å². The molecule has 0 aliphatic carbocycles. The number of methoxy groups -OCH3 is 1. The zero-order valence-electron chi connectivity index (χ0n) is 13.2. The smallest absolute Gasteiger partial charge is 0.305 e. The average Bonchev–Trinajstić information content (AvgIpc) is 2.56. The summed E-state index contributed by atoms with van der Waals surface area (Å²) in [6.45, 7) is 0. The van der Waals surface area contributed by atoms with Crippen molar-refractivity contribution in [1.29, 1.82) is 0 Å². The summed E-state index contributed by atoms with van der Waals surface area (Å²) in [6, 6.07) is 8.51. The van der Waals surface area contributed by atoms with E-state index in [-0.39, 0.29) is 17.7 Å². The van der Waals surface area contributed by atoms with Gasteiger partial charge < -0.3 is 15.2 Å². The lowest BCUT2D eigenvalue weighted by atomic mass is 10.0. The summed E-state index contributed by atoms with van der Waals surface area (Å²) in [5.41, 5.74) is 0.307. The van der Waals surface area contributed by atoms with Crippen LogP contribution < -0.4 is 15.6 Å². The van der Waals surface area contributed by atoms with Crippen LogP contribution in [0.3, 0.4) is 0 Å². The fourth-order valence-corrected chi connectivity index (χ4v) is 2.12. The number of nitrogens with one attached hydrogen (secondary N) is 1. The van der Waals surface area contributed by atoms with Gasteiger partial charge in [-0.25, -0.2) is 4.68 Å². The molecule has 24 heavy (non-hydrogen) atoms. The van der Waals surface area contributed by atoms with E-state index < -0.39 is 17.9 Å². The second-order valence-electron chi connectivity index (χ2n) is 5.08. The van der Waals surface area contributed by atoms with E-state index in [1.165, 1.54) is 26.3 Å². The summed E-state index contributed by atoms with van der Waals surface area (Å²) in [5, 5.41) is 15.6. The molecule has 2 aromatic rings. The third kappa shape index (κ3) is 4.19. The first-order valence-corrected chi connectivity index (χ1v) is 7.11. The van der Waals surface area contributed by atoms with Crippen molar-refractivity contribution >= 4 is 11.9 Å². The van der Waals surface area contributed by atoms with Crippen molar-refractivity contribution < 1.29 is 19.4 Å². The van der Waals surface area contributed by atoms with Crippen molar-refractivity contribution in [3.05, 3.63) is 58.0 Å².